The first kappa shape index (κ1) is 19.4. The molecule has 0 bridgehead atoms. The zero-order valence-corrected chi connectivity index (χ0v) is 15.1. The maximum Gasteiger partial charge on any atom is 0.305 e. The van der Waals surface area contributed by atoms with Crippen molar-refractivity contribution in [2.75, 3.05) is 0 Å². The molecule has 1 heterocycles. The van der Waals surface area contributed by atoms with Gasteiger partial charge < -0.3 is 18.9 Å². The van der Waals surface area contributed by atoms with Gasteiger partial charge in [-0.05, 0) is 12.0 Å². The Balaban J connectivity index is 2.21. The molecule has 0 unspecified atom stereocenters. The zero-order valence-electron chi connectivity index (χ0n) is 15.1. The van der Waals surface area contributed by atoms with Crippen LogP contribution in [-0.2, 0) is 35.1 Å². The third-order valence-electron chi connectivity index (χ3n) is 4.28. The molecule has 6 heteroatoms. The van der Waals surface area contributed by atoms with Crippen LogP contribution in [0.5, 0.6) is 0 Å². The second-order valence-corrected chi connectivity index (χ2v) is 6.25. The van der Waals surface area contributed by atoms with E-state index in [1.807, 2.05) is 44.2 Å². The molecule has 1 aromatic rings. The van der Waals surface area contributed by atoms with Gasteiger partial charge in [-0.1, -0.05) is 44.2 Å². The fraction of sp³-hybridized carbons (Fsp3) is 0.579. The summed E-state index contributed by atoms with van der Waals surface area (Å²) in [4.78, 5) is 23.0. The van der Waals surface area contributed by atoms with E-state index >= 15 is 0 Å². The number of carbonyl (C=O) groups excluding carboxylic acids is 2. The highest BCUT2D eigenvalue weighted by Crippen LogP contribution is 2.33. The van der Waals surface area contributed by atoms with Crippen LogP contribution in [0.15, 0.2) is 30.3 Å². The summed E-state index contributed by atoms with van der Waals surface area (Å²) in [6, 6.07) is 9.62. The predicted molar refractivity (Wildman–Crippen MR) is 90.5 cm³/mol. The number of hydrogen-bond donors (Lipinski definition) is 0. The van der Waals surface area contributed by atoms with E-state index in [0.29, 0.717) is 13.0 Å². The van der Waals surface area contributed by atoms with Crippen molar-refractivity contribution in [1.82, 2.24) is 0 Å². The standard InChI is InChI=1S/C19H26O6/c1-5-16-12(2)17(23-13(3)20)18(19(25-16)24-14(4)21)22-11-15-9-7-6-8-10-15/h6-10,12,16-19H,5,11H2,1-4H3/t12-,16-,17+,18+,19+/m1/s1. The Labute approximate surface area is 148 Å². The van der Waals surface area contributed by atoms with Crippen molar-refractivity contribution in [2.45, 2.75) is 65.3 Å². The predicted octanol–water partition coefficient (Wildman–Crippen LogP) is 2.84. The van der Waals surface area contributed by atoms with Gasteiger partial charge in [0.05, 0.1) is 12.7 Å². The lowest BCUT2D eigenvalue weighted by molar-refractivity contribution is -0.289. The first-order chi connectivity index (χ1) is 11.9. The molecule has 6 nitrogen and oxygen atoms in total. The molecule has 0 aliphatic carbocycles. The number of carbonyl (C=O) groups is 2. The Morgan fingerprint density at radius 1 is 1.04 bits per heavy atom. The highest BCUT2D eigenvalue weighted by atomic mass is 16.7. The van der Waals surface area contributed by atoms with Crippen LogP contribution < -0.4 is 0 Å². The quantitative estimate of drug-likeness (QED) is 0.735. The maximum absolute atomic E-state index is 11.6. The first-order valence-electron chi connectivity index (χ1n) is 8.57. The molecule has 0 radical (unpaired) electrons. The molecule has 0 saturated carbocycles. The second kappa shape index (κ2) is 8.97. The molecule has 1 aliphatic heterocycles. The van der Waals surface area contributed by atoms with E-state index in [4.69, 9.17) is 18.9 Å². The Hall–Kier alpha value is -1.92. The van der Waals surface area contributed by atoms with Crippen LogP contribution in [0, 0.1) is 5.92 Å². The van der Waals surface area contributed by atoms with Crippen molar-refractivity contribution in [2.24, 2.45) is 5.92 Å². The van der Waals surface area contributed by atoms with Gasteiger partial charge in [0.1, 0.15) is 6.10 Å². The normalized spacial score (nSPS) is 29.0. The molecule has 5 atom stereocenters. The number of hydrogen-bond acceptors (Lipinski definition) is 6. The van der Waals surface area contributed by atoms with Crippen molar-refractivity contribution >= 4 is 11.9 Å². The van der Waals surface area contributed by atoms with Crippen molar-refractivity contribution in [1.29, 1.82) is 0 Å². The second-order valence-electron chi connectivity index (χ2n) is 6.25. The fourth-order valence-electron chi connectivity index (χ4n) is 3.07. The first-order valence-corrected chi connectivity index (χ1v) is 8.57. The van der Waals surface area contributed by atoms with Gasteiger partial charge in [0.15, 0.2) is 6.10 Å². The van der Waals surface area contributed by atoms with Crippen LogP contribution in [0.3, 0.4) is 0 Å². The van der Waals surface area contributed by atoms with E-state index in [9.17, 15) is 9.59 Å². The fourth-order valence-corrected chi connectivity index (χ4v) is 3.07. The van der Waals surface area contributed by atoms with Crippen LogP contribution in [0.25, 0.3) is 0 Å². The lowest BCUT2D eigenvalue weighted by atomic mass is 9.89. The summed E-state index contributed by atoms with van der Waals surface area (Å²) < 4.78 is 22.7. The van der Waals surface area contributed by atoms with Crippen molar-refractivity contribution in [3.8, 4) is 0 Å². The molecule has 1 fully saturated rings. The summed E-state index contributed by atoms with van der Waals surface area (Å²) in [5, 5.41) is 0. The molecule has 0 aromatic heterocycles. The van der Waals surface area contributed by atoms with Gasteiger partial charge in [0, 0.05) is 19.8 Å². The van der Waals surface area contributed by atoms with E-state index in [1.165, 1.54) is 13.8 Å². The molecule has 1 aromatic carbocycles. The topological polar surface area (TPSA) is 71.1 Å². The van der Waals surface area contributed by atoms with E-state index in [1.54, 1.807) is 0 Å². The minimum absolute atomic E-state index is 0.0820. The summed E-state index contributed by atoms with van der Waals surface area (Å²) in [5.41, 5.74) is 0.968. The Bertz CT molecular complexity index is 573. The number of ether oxygens (including phenoxy) is 4. The number of rotatable bonds is 6. The summed E-state index contributed by atoms with van der Waals surface area (Å²) in [6.07, 6.45) is -1.63. The molecule has 2 rings (SSSR count). The van der Waals surface area contributed by atoms with Crippen molar-refractivity contribution in [3.05, 3.63) is 35.9 Å². The van der Waals surface area contributed by atoms with Crippen LogP contribution >= 0.6 is 0 Å². The third-order valence-corrected chi connectivity index (χ3v) is 4.28. The molecule has 0 N–H and O–H groups in total. The molecule has 138 valence electrons. The molecule has 0 spiro atoms. The number of esters is 2. The maximum atomic E-state index is 11.6. The van der Waals surface area contributed by atoms with Gasteiger partial charge in [0.2, 0.25) is 6.29 Å². The van der Waals surface area contributed by atoms with E-state index in [-0.39, 0.29) is 12.0 Å². The molecule has 1 aliphatic rings. The molecule has 0 amide bonds. The largest absolute Gasteiger partial charge is 0.459 e. The summed E-state index contributed by atoms with van der Waals surface area (Å²) in [5.74, 6) is -0.950. The summed E-state index contributed by atoms with van der Waals surface area (Å²) >= 11 is 0. The Morgan fingerprint density at radius 2 is 1.68 bits per heavy atom. The monoisotopic (exact) mass is 350 g/mol. The van der Waals surface area contributed by atoms with Gasteiger partial charge in [-0.15, -0.1) is 0 Å². The SMILES string of the molecule is CC[C@H]1O[C@H](OC(C)=O)[C@@H](OCc2ccccc2)[C@@H](OC(C)=O)[C@@H]1C. The Kier molecular flexibility index (Phi) is 6.96. The van der Waals surface area contributed by atoms with Crippen molar-refractivity contribution < 1.29 is 28.5 Å². The highest BCUT2D eigenvalue weighted by molar-refractivity contribution is 5.66. The van der Waals surface area contributed by atoms with Crippen LogP contribution in [0.1, 0.15) is 39.7 Å². The lowest BCUT2D eigenvalue weighted by Gasteiger charge is -2.44. The Morgan fingerprint density at radius 3 is 2.24 bits per heavy atom. The average Bonchev–Trinajstić information content (AvgIpc) is 2.57. The summed E-state index contributed by atoms with van der Waals surface area (Å²) in [7, 11) is 0. The van der Waals surface area contributed by atoms with Crippen LogP contribution in [0.2, 0.25) is 0 Å². The average molecular weight is 350 g/mol. The van der Waals surface area contributed by atoms with E-state index in [0.717, 1.165) is 5.56 Å². The van der Waals surface area contributed by atoms with Crippen LogP contribution in [-0.4, -0.2) is 36.5 Å². The molecular formula is C19H26O6. The van der Waals surface area contributed by atoms with Gasteiger partial charge in [-0.2, -0.15) is 0 Å². The zero-order chi connectivity index (χ0) is 18.4. The molecule has 25 heavy (non-hydrogen) atoms. The molecule has 1 saturated heterocycles. The number of benzene rings is 1. The van der Waals surface area contributed by atoms with Gasteiger partial charge in [0.25, 0.3) is 0 Å². The van der Waals surface area contributed by atoms with E-state index in [2.05, 4.69) is 0 Å². The van der Waals surface area contributed by atoms with Crippen molar-refractivity contribution in [3.63, 3.8) is 0 Å². The molecular weight excluding hydrogens is 324 g/mol. The third kappa shape index (κ3) is 5.28. The van der Waals surface area contributed by atoms with E-state index < -0.39 is 30.4 Å². The smallest absolute Gasteiger partial charge is 0.305 e. The van der Waals surface area contributed by atoms with Gasteiger partial charge in [-0.25, -0.2) is 0 Å². The lowest BCUT2D eigenvalue weighted by Crippen LogP contribution is -2.57. The minimum atomic E-state index is -0.910. The highest BCUT2D eigenvalue weighted by Gasteiger charge is 2.47. The van der Waals surface area contributed by atoms with Crippen LogP contribution in [0.4, 0.5) is 0 Å². The minimum Gasteiger partial charge on any atom is -0.459 e. The summed E-state index contributed by atoms with van der Waals surface area (Å²) in [6.45, 7) is 6.90. The van der Waals surface area contributed by atoms with Gasteiger partial charge in [-0.3, -0.25) is 9.59 Å². The van der Waals surface area contributed by atoms with Gasteiger partial charge >= 0.3 is 11.9 Å².